The number of cyclic esters (lactones) is 1. The van der Waals surface area contributed by atoms with Gasteiger partial charge in [-0.15, -0.1) is 11.3 Å². The molecule has 1 saturated heterocycles. The number of aryl methyl sites for hydroxylation is 1. The normalized spacial score (nSPS) is 19.9. The molecule has 3 aromatic rings. The van der Waals surface area contributed by atoms with Gasteiger partial charge in [-0.25, -0.2) is 9.78 Å². The Morgan fingerprint density at radius 2 is 1.90 bits per heavy atom. The Kier molecular flexibility index (Phi) is 4.99. The van der Waals surface area contributed by atoms with Gasteiger partial charge in [0, 0.05) is 44.3 Å². The molecule has 2 aromatic carbocycles. The van der Waals surface area contributed by atoms with Crippen molar-refractivity contribution in [2.24, 2.45) is 0 Å². The Morgan fingerprint density at radius 3 is 2.67 bits per heavy atom. The van der Waals surface area contributed by atoms with E-state index in [1.807, 2.05) is 25.1 Å². The lowest BCUT2D eigenvalue weighted by Crippen LogP contribution is -2.49. The quantitative estimate of drug-likeness (QED) is 0.579. The maximum Gasteiger partial charge on any atom is 0.339 e. The summed E-state index contributed by atoms with van der Waals surface area (Å²) in [4.78, 5) is 22.2. The van der Waals surface area contributed by atoms with Crippen LogP contribution >= 0.6 is 11.3 Å². The van der Waals surface area contributed by atoms with Crippen LogP contribution in [0.25, 0.3) is 10.2 Å². The third-order valence-electron chi connectivity index (χ3n) is 6.27. The van der Waals surface area contributed by atoms with Crippen LogP contribution in [0.15, 0.2) is 36.4 Å². The Bertz CT molecular complexity index is 1100. The van der Waals surface area contributed by atoms with Gasteiger partial charge in [0.05, 0.1) is 20.8 Å². The van der Waals surface area contributed by atoms with Gasteiger partial charge in [0.15, 0.2) is 0 Å². The number of rotatable bonds is 3. The van der Waals surface area contributed by atoms with E-state index in [0.29, 0.717) is 18.0 Å². The monoisotopic (exact) mass is 421 g/mol. The molecule has 1 unspecified atom stereocenters. The van der Waals surface area contributed by atoms with Crippen LogP contribution in [-0.4, -0.2) is 48.1 Å². The first kappa shape index (κ1) is 19.5. The van der Waals surface area contributed by atoms with Gasteiger partial charge < -0.3 is 9.64 Å². The van der Waals surface area contributed by atoms with Crippen LogP contribution in [0.4, 0.5) is 5.69 Å². The lowest BCUT2D eigenvalue weighted by Gasteiger charge is -2.38. The second-order valence-electron chi connectivity index (χ2n) is 8.52. The second kappa shape index (κ2) is 7.67. The Hall–Kier alpha value is -2.44. The van der Waals surface area contributed by atoms with Crippen LogP contribution in [-0.2, 0) is 11.2 Å². The lowest BCUT2D eigenvalue weighted by molar-refractivity contribution is 0.0253. The summed E-state index contributed by atoms with van der Waals surface area (Å²) in [6.07, 6.45) is 0.475. The van der Waals surface area contributed by atoms with Crippen molar-refractivity contribution in [3.05, 3.63) is 58.1 Å². The van der Waals surface area contributed by atoms with Crippen LogP contribution < -0.4 is 4.90 Å². The third kappa shape index (κ3) is 3.59. The number of hydrogen-bond donors (Lipinski definition) is 0. The lowest BCUT2D eigenvalue weighted by atomic mass is 9.94. The molecule has 0 saturated carbocycles. The van der Waals surface area contributed by atoms with Crippen molar-refractivity contribution in [1.29, 1.82) is 0 Å². The summed E-state index contributed by atoms with van der Waals surface area (Å²) in [6.45, 7) is 10.6. The van der Waals surface area contributed by atoms with Gasteiger partial charge in [-0.05, 0) is 56.2 Å². The minimum atomic E-state index is -0.239. The molecule has 0 bridgehead atoms. The fraction of sp³-hybridized carbons (Fsp3) is 0.417. The van der Waals surface area contributed by atoms with Crippen LogP contribution in [0.3, 0.4) is 0 Å². The Balaban J connectivity index is 1.36. The molecule has 0 radical (unpaired) electrons. The number of carbonyl (C=O) groups is 1. The average Bonchev–Trinajstić information content (AvgIpc) is 3.12. The number of aromatic nitrogens is 1. The van der Waals surface area contributed by atoms with Gasteiger partial charge in [0.2, 0.25) is 0 Å². The number of nitrogens with zero attached hydrogens (tertiary/aromatic N) is 3. The summed E-state index contributed by atoms with van der Waals surface area (Å²) in [7, 11) is 0. The molecule has 0 amide bonds. The van der Waals surface area contributed by atoms with Gasteiger partial charge in [0.25, 0.3) is 0 Å². The summed E-state index contributed by atoms with van der Waals surface area (Å²) in [5, 5.41) is 1.05. The van der Waals surface area contributed by atoms with Gasteiger partial charge in [0.1, 0.15) is 6.10 Å². The predicted octanol–water partition coefficient (Wildman–Crippen LogP) is 4.59. The highest BCUT2D eigenvalue weighted by molar-refractivity contribution is 7.18. The molecule has 5 nitrogen and oxygen atoms in total. The number of thiazole rings is 1. The van der Waals surface area contributed by atoms with Crippen LogP contribution in [0, 0.1) is 6.92 Å². The van der Waals surface area contributed by atoms with E-state index in [2.05, 4.69) is 46.8 Å². The fourth-order valence-corrected chi connectivity index (χ4v) is 5.38. The molecule has 3 heterocycles. The first-order valence-corrected chi connectivity index (χ1v) is 11.5. The summed E-state index contributed by atoms with van der Waals surface area (Å²) in [5.74, 6) is -0.218. The summed E-state index contributed by atoms with van der Waals surface area (Å²) >= 11 is 1.68. The topological polar surface area (TPSA) is 45.7 Å². The first-order chi connectivity index (χ1) is 14.5. The number of carbonyl (C=O) groups excluding carboxylic acids is 1. The van der Waals surface area contributed by atoms with Crippen LogP contribution in [0.1, 0.15) is 46.4 Å². The number of anilines is 1. The summed E-state index contributed by atoms with van der Waals surface area (Å²) < 4.78 is 7.01. The molecule has 0 N–H and O–H groups in total. The minimum Gasteiger partial charge on any atom is -0.454 e. The molecular formula is C24H27N3O2S. The number of fused-ring (bicyclic) bond motifs is 2. The van der Waals surface area contributed by atoms with Gasteiger partial charge >= 0.3 is 5.97 Å². The van der Waals surface area contributed by atoms with Gasteiger partial charge in [-0.1, -0.05) is 12.1 Å². The molecule has 0 spiro atoms. The smallest absolute Gasteiger partial charge is 0.339 e. The molecular weight excluding hydrogens is 394 g/mol. The fourth-order valence-electron chi connectivity index (χ4n) is 4.50. The molecule has 1 aromatic heterocycles. The maximum absolute atomic E-state index is 12.9. The highest BCUT2D eigenvalue weighted by atomic mass is 32.1. The number of benzene rings is 2. The Labute approximate surface area is 181 Å². The Morgan fingerprint density at radius 1 is 1.10 bits per heavy atom. The number of ether oxygens (including phenoxy) is 1. The van der Waals surface area contributed by atoms with Crippen molar-refractivity contribution in [2.45, 2.75) is 39.3 Å². The third-order valence-corrected chi connectivity index (χ3v) is 7.20. The largest absolute Gasteiger partial charge is 0.454 e. The van der Waals surface area contributed by atoms with E-state index in [1.165, 1.54) is 0 Å². The van der Waals surface area contributed by atoms with Crippen molar-refractivity contribution in [1.82, 2.24) is 9.88 Å². The van der Waals surface area contributed by atoms with Crippen molar-refractivity contribution in [2.75, 3.05) is 31.1 Å². The molecule has 156 valence electrons. The first-order valence-electron chi connectivity index (χ1n) is 10.7. The van der Waals surface area contributed by atoms with E-state index in [-0.39, 0.29) is 12.1 Å². The molecule has 2 aliphatic rings. The number of esters is 1. The molecule has 30 heavy (non-hydrogen) atoms. The van der Waals surface area contributed by atoms with E-state index >= 15 is 0 Å². The minimum absolute atomic E-state index is 0.218. The molecule has 6 heteroatoms. The highest BCUT2D eigenvalue weighted by Crippen LogP contribution is 2.35. The maximum atomic E-state index is 12.9. The van der Waals surface area contributed by atoms with Crippen molar-refractivity contribution in [3.8, 4) is 0 Å². The molecule has 1 atom stereocenters. The zero-order chi connectivity index (χ0) is 20.8. The molecule has 2 aliphatic heterocycles. The summed E-state index contributed by atoms with van der Waals surface area (Å²) in [6, 6.07) is 13.1. The average molecular weight is 422 g/mol. The molecule has 0 aliphatic carbocycles. The standard InChI is InChI=1S/C24H27N3O2S/c1-15(2)26-8-10-27(11-9-26)19-6-4-17-12-22(29-24(28)20(17)14-19)18-5-7-21-23(13-18)30-16(3)25-21/h4-7,13-15,22H,8-12H2,1-3H3. The van der Waals surface area contributed by atoms with Crippen LogP contribution in [0.5, 0.6) is 0 Å². The molecule has 5 rings (SSSR count). The van der Waals surface area contributed by atoms with Crippen molar-refractivity contribution < 1.29 is 9.53 Å². The van der Waals surface area contributed by atoms with E-state index in [9.17, 15) is 4.79 Å². The predicted molar refractivity (Wildman–Crippen MR) is 122 cm³/mol. The van der Waals surface area contributed by atoms with Gasteiger partial charge in [-0.2, -0.15) is 0 Å². The van der Waals surface area contributed by atoms with Crippen molar-refractivity contribution in [3.63, 3.8) is 0 Å². The van der Waals surface area contributed by atoms with Crippen LogP contribution in [0.2, 0.25) is 0 Å². The molecule has 1 fully saturated rings. The zero-order valence-electron chi connectivity index (χ0n) is 17.7. The highest BCUT2D eigenvalue weighted by Gasteiger charge is 2.29. The number of piperazine rings is 1. The van der Waals surface area contributed by atoms with E-state index in [0.717, 1.165) is 58.2 Å². The summed E-state index contributed by atoms with van der Waals surface area (Å²) in [5.41, 5.74) is 4.95. The zero-order valence-corrected chi connectivity index (χ0v) is 18.5. The van der Waals surface area contributed by atoms with E-state index in [4.69, 9.17) is 4.74 Å². The van der Waals surface area contributed by atoms with E-state index < -0.39 is 0 Å². The number of hydrogen-bond acceptors (Lipinski definition) is 6. The van der Waals surface area contributed by atoms with E-state index in [1.54, 1.807) is 11.3 Å². The SMILES string of the molecule is Cc1nc2ccc(C3Cc4ccc(N5CCN(C(C)C)CC5)cc4C(=O)O3)cc2s1. The second-order valence-corrected chi connectivity index (χ2v) is 9.75. The van der Waals surface area contributed by atoms with Gasteiger partial charge in [-0.3, -0.25) is 4.90 Å². The van der Waals surface area contributed by atoms with Crippen molar-refractivity contribution >= 4 is 33.2 Å².